The van der Waals surface area contributed by atoms with Crippen molar-refractivity contribution in [2.45, 2.75) is 17.0 Å². The van der Waals surface area contributed by atoms with Crippen molar-refractivity contribution in [1.82, 2.24) is 0 Å². The van der Waals surface area contributed by atoms with Gasteiger partial charge in [-0.3, -0.25) is 4.79 Å². The van der Waals surface area contributed by atoms with Crippen LogP contribution in [0.15, 0.2) is 66.1 Å². The Balaban J connectivity index is 1.41. The Morgan fingerprint density at radius 2 is 1.69 bits per heavy atom. The van der Waals surface area contributed by atoms with Crippen LogP contribution >= 0.6 is 23.5 Å². The Kier molecular flexibility index (Phi) is 7.27. The number of thioether (sulfide) groups is 2. The van der Waals surface area contributed by atoms with Gasteiger partial charge in [-0.2, -0.15) is 0 Å². The summed E-state index contributed by atoms with van der Waals surface area (Å²) in [5, 5.41) is 1.12. The summed E-state index contributed by atoms with van der Waals surface area (Å²) in [5.41, 5.74) is 2.09. The summed E-state index contributed by atoms with van der Waals surface area (Å²) in [6, 6.07) is 15.4. The van der Waals surface area contributed by atoms with Crippen LogP contribution < -0.4 is 4.90 Å². The lowest BCUT2D eigenvalue weighted by Crippen LogP contribution is -2.43. The number of carbonyl (C=O) groups is 2. The molecule has 168 valence electrons. The largest absolute Gasteiger partial charge is 0.452 e. The lowest BCUT2D eigenvalue weighted by molar-refractivity contribution is -0.121. The summed E-state index contributed by atoms with van der Waals surface area (Å²) in [6.45, 7) is -0.478. The van der Waals surface area contributed by atoms with Gasteiger partial charge in [0, 0.05) is 11.1 Å². The number of hydrogen-bond donors (Lipinski definition) is 0. The van der Waals surface area contributed by atoms with Crippen LogP contribution in [-0.2, 0) is 19.4 Å². The average molecular weight is 490 g/mol. The third kappa shape index (κ3) is 5.57. The molecule has 1 saturated heterocycles. The first-order valence-electron chi connectivity index (χ1n) is 10.2. The summed E-state index contributed by atoms with van der Waals surface area (Å²) >= 11 is 3.81. The first-order chi connectivity index (χ1) is 15.4. The van der Waals surface area contributed by atoms with Gasteiger partial charge in [0.05, 0.1) is 21.9 Å². The number of hydrogen-bond acceptors (Lipinski definition) is 7. The third-order valence-electron chi connectivity index (χ3n) is 5.12. The van der Waals surface area contributed by atoms with E-state index in [1.165, 1.54) is 17.4 Å². The van der Waals surface area contributed by atoms with Crippen LogP contribution in [-0.4, -0.2) is 50.2 Å². The highest BCUT2D eigenvalue weighted by atomic mass is 32.2. The second kappa shape index (κ2) is 10.1. The van der Waals surface area contributed by atoms with Gasteiger partial charge in [-0.25, -0.2) is 13.2 Å². The number of sulfone groups is 1. The molecule has 0 bridgehead atoms. The minimum atomic E-state index is -3.36. The fraction of sp³-hybridized carbons (Fsp3) is 0.304. The molecule has 4 rings (SSSR count). The molecule has 0 radical (unpaired) electrons. The standard InChI is InChI=1S/C23H23NO5S3/c25-21(24(19-5-2-1-3-6-19)20-11-14-32(27,28)16-20)15-29-22(26)17-7-9-18(10-8-17)23-30-12-4-13-31-23/h1-3,5-11,14,20,23H,4,12-13,15-16H2. The van der Waals surface area contributed by atoms with Gasteiger partial charge in [-0.1, -0.05) is 30.3 Å². The first kappa shape index (κ1) is 22.9. The lowest BCUT2D eigenvalue weighted by Gasteiger charge is -2.27. The molecule has 1 fully saturated rings. The molecule has 2 aliphatic heterocycles. The highest BCUT2D eigenvalue weighted by Crippen LogP contribution is 2.43. The van der Waals surface area contributed by atoms with E-state index in [9.17, 15) is 18.0 Å². The zero-order valence-electron chi connectivity index (χ0n) is 17.3. The topological polar surface area (TPSA) is 80.8 Å². The van der Waals surface area contributed by atoms with E-state index in [0.717, 1.165) is 22.5 Å². The number of ether oxygens (including phenoxy) is 1. The SMILES string of the molecule is O=C(OCC(=O)N(c1ccccc1)C1C=CS(=O)(=O)C1)c1ccc(C2SCCCS2)cc1. The summed E-state index contributed by atoms with van der Waals surface area (Å²) in [7, 11) is -3.36. The Hall–Kier alpha value is -2.23. The zero-order chi connectivity index (χ0) is 22.6. The van der Waals surface area contributed by atoms with E-state index in [-0.39, 0.29) is 5.75 Å². The molecule has 0 aromatic heterocycles. The molecule has 2 aromatic carbocycles. The van der Waals surface area contributed by atoms with Gasteiger partial charge in [-0.05, 0) is 53.8 Å². The zero-order valence-corrected chi connectivity index (χ0v) is 19.7. The summed E-state index contributed by atoms with van der Waals surface area (Å²) in [4.78, 5) is 26.8. The minimum Gasteiger partial charge on any atom is -0.452 e. The molecular formula is C23H23NO5S3. The predicted octanol–water partition coefficient (Wildman–Crippen LogP) is 4.06. The quantitative estimate of drug-likeness (QED) is 0.566. The molecule has 32 heavy (non-hydrogen) atoms. The molecular weight excluding hydrogens is 466 g/mol. The van der Waals surface area contributed by atoms with E-state index in [0.29, 0.717) is 15.8 Å². The van der Waals surface area contributed by atoms with E-state index < -0.39 is 34.4 Å². The van der Waals surface area contributed by atoms with Crippen molar-refractivity contribution in [1.29, 1.82) is 0 Å². The molecule has 1 unspecified atom stereocenters. The average Bonchev–Trinajstić information content (AvgIpc) is 3.18. The predicted molar refractivity (Wildman–Crippen MR) is 130 cm³/mol. The van der Waals surface area contributed by atoms with Crippen molar-refractivity contribution in [3.05, 3.63) is 77.2 Å². The second-order valence-electron chi connectivity index (χ2n) is 7.45. The number of carbonyl (C=O) groups excluding carboxylic acids is 2. The van der Waals surface area contributed by atoms with Gasteiger partial charge in [0.25, 0.3) is 5.91 Å². The molecule has 0 N–H and O–H groups in total. The lowest BCUT2D eigenvalue weighted by atomic mass is 10.1. The van der Waals surface area contributed by atoms with Crippen LogP contribution in [0.1, 0.15) is 26.9 Å². The normalized spacial score (nSPS) is 20.1. The molecule has 6 nitrogen and oxygen atoms in total. The number of amides is 1. The van der Waals surface area contributed by atoms with Gasteiger partial charge in [0.2, 0.25) is 0 Å². The molecule has 0 saturated carbocycles. The molecule has 0 aliphatic carbocycles. The van der Waals surface area contributed by atoms with E-state index in [4.69, 9.17) is 4.74 Å². The molecule has 0 spiro atoms. The van der Waals surface area contributed by atoms with Crippen LogP contribution in [0.5, 0.6) is 0 Å². The number of nitrogens with zero attached hydrogens (tertiary/aromatic N) is 1. The van der Waals surface area contributed by atoms with Gasteiger partial charge in [0.15, 0.2) is 16.4 Å². The van der Waals surface area contributed by atoms with Crippen molar-refractivity contribution in [2.24, 2.45) is 0 Å². The van der Waals surface area contributed by atoms with E-state index in [1.807, 2.05) is 35.7 Å². The van der Waals surface area contributed by atoms with Crippen molar-refractivity contribution < 1.29 is 22.7 Å². The molecule has 2 aliphatic rings. The van der Waals surface area contributed by atoms with E-state index in [1.54, 1.807) is 42.5 Å². The maximum Gasteiger partial charge on any atom is 0.338 e. The van der Waals surface area contributed by atoms with Gasteiger partial charge in [0.1, 0.15) is 0 Å². The number of anilines is 1. The van der Waals surface area contributed by atoms with Crippen LogP contribution in [0, 0.1) is 0 Å². The number of esters is 1. The Bertz CT molecular complexity index is 1090. The molecule has 1 amide bonds. The van der Waals surface area contributed by atoms with E-state index >= 15 is 0 Å². The van der Waals surface area contributed by atoms with Crippen LogP contribution in [0.3, 0.4) is 0 Å². The van der Waals surface area contributed by atoms with Gasteiger partial charge in [-0.15, -0.1) is 23.5 Å². The molecule has 2 aromatic rings. The Morgan fingerprint density at radius 1 is 1.00 bits per heavy atom. The molecule has 2 heterocycles. The van der Waals surface area contributed by atoms with Crippen molar-refractivity contribution in [3.63, 3.8) is 0 Å². The van der Waals surface area contributed by atoms with Crippen LogP contribution in [0.2, 0.25) is 0 Å². The summed E-state index contributed by atoms with van der Waals surface area (Å²) in [6.07, 6.45) is 2.70. The molecule has 1 atom stereocenters. The maximum atomic E-state index is 13.0. The number of rotatable bonds is 6. The number of benzene rings is 2. The Labute approximate surface area is 196 Å². The van der Waals surface area contributed by atoms with Crippen molar-refractivity contribution in [3.8, 4) is 0 Å². The van der Waals surface area contributed by atoms with Crippen molar-refractivity contribution in [2.75, 3.05) is 28.8 Å². The first-order valence-corrected chi connectivity index (χ1v) is 14.0. The van der Waals surface area contributed by atoms with Crippen molar-refractivity contribution >= 4 is 50.9 Å². The van der Waals surface area contributed by atoms with Gasteiger partial charge < -0.3 is 9.64 Å². The third-order valence-corrected chi connectivity index (χ3v) is 9.51. The summed E-state index contributed by atoms with van der Waals surface area (Å²) in [5.74, 6) is 1.01. The smallest absolute Gasteiger partial charge is 0.338 e. The monoisotopic (exact) mass is 489 g/mol. The fourth-order valence-electron chi connectivity index (χ4n) is 3.57. The van der Waals surface area contributed by atoms with Gasteiger partial charge >= 0.3 is 5.97 Å². The van der Waals surface area contributed by atoms with Crippen LogP contribution in [0.4, 0.5) is 5.69 Å². The maximum absolute atomic E-state index is 13.0. The minimum absolute atomic E-state index is 0.194. The second-order valence-corrected chi connectivity index (χ2v) is 12.1. The summed E-state index contributed by atoms with van der Waals surface area (Å²) < 4.78 is 29.4. The van der Waals surface area contributed by atoms with E-state index in [2.05, 4.69) is 0 Å². The number of para-hydroxylation sites is 1. The Morgan fingerprint density at radius 3 is 2.31 bits per heavy atom. The highest BCUT2D eigenvalue weighted by Gasteiger charge is 2.32. The molecule has 9 heteroatoms. The van der Waals surface area contributed by atoms with Crippen LogP contribution in [0.25, 0.3) is 0 Å². The fourth-order valence-corrected chi connectivity index (χ4v) is 7.73. The highest BCUT2D eigenvalue weighted by molar-refractivity contribution is 8.16.